The molecule has 0 aromatic heterocycles. The number of aryl methyl sites for hydroxylation is 1. The molecule has 0 radical (unpaired) electrons. The summed E-state index contributed by atoms with van der Waals surface area (Å²) in [5, 5.41) is 2.63. The highest BCUT2D eigenvalue weighted by molar-refractivity contribution is 5.94. The van der Waals surface area contributed by atoms with Crippen LogP contribution in [0.3, 0.4) is 0 Å². The first-order valence-corrected chi connectivity index (χ1v) is 4.84. The van der Waals surface area contributed by atoms with Crippen LogP contribution in [0, 0.1) is 6.92 Å². The molecule has 0 bridgehead atoms. The van der Waals surface area contributed by atoms with Crippen LogP contribution in [-0.2, 0) is 0 Å². The number of allylic oxidation sites excluding steroid dienone is 1. The van der Waals surface area contributed by atoms with Gasteiger partial charge in [0.25, 0.3) is 0 Å². The van der Waals surface area contributed by atoms with Gasteiger partial charge in [0.15, 0.2) is 0 Å². The fourth-order valence-electron chi connectivity index (χ4n) is 1.84. The maximum Gasteiger partial charge on any atom is -0.0106 e. The summed E-state index contributed by atoms with van der Waals surface area (Å²) in [6.45, 7) is 8.20. The van der Waals surface area contributed by atoms with Crippen LogP contribution >= 0.6 is 0 Å². The molecule has 2 aromatic rings. The second-order valence-corrected chi connectivity index (χ2v) is 3.76. The summed E-state index contributed by atoms with van der Waals surface area (Å²) in [7, 11) is 0. The van der Waals surface area contributed by atoms with Crippen molar-refractivity contribution in [1.29, 1.82) is 0 Å². The number of benzene rings is 2. The lowest BCUT2D eigenvalue weighted by molar-refractivity contribution is 1.52. The van der Waals surface area contributed by atoms with E-state index in [2.05, 4.69) is 56.8 Å². The molecule has 0 fully saturated rings. The zero-order chi connectivity index (χ0) is 10.1. The fourth-order valence-corrected chi connectivity index (χ4v) is 1.84. The molecular weight excluding hydrogens is 168 g/mol. The van der Waals surface area contributed by atoms with Crippen molar-refractivity contribution in [3.63, 3.8) is 0 Å². The van der Waals surface area contributed by atoms with Crippen LogP contribution in [0.4, 0.5) is 0 Å². The molecule has 0 aliphatic rings. The van der Waals surface area contributed by atoms with E-state index >= 15 is 0 Å². The third-order valence-corrected chi connectivity index (χ3v) is 2.60. The van der Waals surface area contributed by atoms with Crippen molar-refractivity contribution >= 4 is 16.3 Å². The van der Waals surface area contributed by atoms with Crippen LogP contribution in [0.2, 0.25) is 0 Å². The monoisotopic (exact) mass is 182 g/mol. The highest BCUT2D eigenvalue weighted by Crippen LogP contribution is 2.25. The Hall–Kier alpha value is -1.56. The average Bonchev–Trinajstić information content (AvgIpc) is 2.17. The molecule has 70 valence electrons. The van der Waals surface area contributed by atoms with E-state index in [1.165, 1.54) is 21.9 Å². The lowest BCUT2D eigenvalue weighted by Gasteiger charge is -2.07. The lowest BCUT2D eigenvalue weighted by Crippen LogP contribution is -1.84. The normalized spacial score (nSPS) is 10.4. The molecule has 0 N–H and O–H groups in total. The van der Waals surface area contributed by atoms with Crippen molar-refractivity contribution in [2.75, 3.05) is 0 Å². The van der Waals surface area contributed by atoms with E-state index in [0.717, 1.165) is 5.57 Å². The van der Waals surface area contributed by atoms with Gasteiger partial charge in [0, 0.05) is 0 Å². The zero-order valence-electron chi connectivity index (χ0n) is 8.67. The van der Waals surface area contributed by atoms with Crippen LogP contribution in [0.25, 0.3) is 16.3 Å². The summed E-state index contributed by atoms with van der Waals surface area (Å²) in [5.41, 5.74) is 3.71. The summed E-state index contributed by atoms with van der Waals surface area (Å²) in [6, 6.07) is 12.8. The topological polar surface area (TPSA) is 0 Å². The zero-order valence-corrected chi connectivity index (χ0v) is 8.67. The Bertz CT molecular complexity index is 492. The van der Waals surface area contributed by atoms with E-state index in [4.69, 9.17) is 0 Å². The molecule has 0 nitrogen and oxygen atoms in total. The standard InChI is InChI=1S/C14H14/c1-10(2)12-7-5-8-13-11(3)6-4-9-14(12)13/h4-9H,1H2,2-3H3. The van der Waals surface area contributed by atoms with Crippen LogP contribution in [0.15, 0.2) is 43.0 Å². The van der Waals surface area contributed by atoms with Gasteiger partial charge in [0.05, 0.1) is 0 Å². The van der Waals surface area contributed by atoms with Gasteiger partial charge in [0.1, 0.15) is 0 Å². The molecule has 0 saturated carbocycles. The van der Waals surface area contributed by atoms with Crippen LogP contribution in [-0.4, -0.2) is 0 Å². The summed E-state index contributed by atoms with van der Waals surface area (Å²) in [4.78, 5) is 0. The summed E-state index contributed by atoms with van der Waals surface area (Å²) < 4.78 is 0. The first kappa shape index (κ1) is 9.01. The van der Waals surface area contributed by atoms with Gasteiger partial charge < -0.3 is 0 Å². The molecule has 0 amide bonds. The highest BCUT2D eigenvalue weighted by atomic mass is 14.1. The molecule has 14 heavy (non-hydrogen) atoms. The summed E-state index contributed by atoms with van der Waals surface area (Å²) in [5.74, 6) is 0. The number of hydrogen-bond acceptors (Lipinski definition) is 0. The van der Waals surface area contributed by atoms with Gasteiger partial charge in [-0.15, -0.1) is 0 Å². The minimum Gasteiger partial charge on any atom is -0.0955 e. The Labute approximate surface area is 84.9 Å². The van der Waals surface area contributed by atoms with Crippen molar-refractivity contribution < 1.29 is 0 Å². The fraction of sp³-hybridized carbons (Fsp3) is 0.143. The third-order valence-electron chi connectivity index (χ3n) is 2.60. The van der Waals surface area contributed by atoms with Crippen LogP contribution in [0.5, 0.6) is 0 Å². The van der Waals surface area contributed by atoms with Crippen molar-refractivity contribution in [2.24, 2.45) is 0 Å². The Morgan fingerprint density at radius 3 is 2.36 bits per heavy atom. The minimum absolute atomic E-state index is 1.13. The van der Waals surface area contributed by atoms with Crippen molar-refractivity contribution in [3.8, 4) is 0 Å². The molecule has 0 unspecified atom stereocenters. The lowest BCUT2D eigenvalue weighted by atomic mass is 9.97. The molecule has 0 spiro atoms. The molecule has 0 aliphatic heterocycles. The van der Waals surface area contributed by atoms with E-state index in [1.807, 2.05) is 0 Å². The van der Waals surface area contributed by atoms with E-state index in [-0.39, 0.29) is 0 Å². The largest absolute Gasteiger partial charge is 0.0955 e. The SMILES string of the molecule is C=C(C)c1cccc2c(C)cccc12. The average molecular weight is 182 g/mol. The highest BCUT2D eigenvalue weighted by Gasteiger charge is 2.01. The quantitative estimate of drug-likeness (QED) is 0.620. The maximum atomic E-state index is 4.01. The van der Waals surface area contributed by atoms with Gasteiger partial charge in [-0.1, -0.05) is 48.6 Å². The molecule has 0 saturated heterocycles. The number of fused-ring (bicyclic) bond motifs is 1. The molecule has 2 rings (SSSR count). The van der Waals surface area contributed by atoms with Gasteiger partial charge in [0.2, 0.25) is 0 Å². The van der Waals surface area contributed by atoms with Gasteiger partial charge in [-0.25, -0.2) is 0 Å². The van der Waals surface area contributed by atoms with Gasteiger partial charge in [-0.3, -0.25) is 0 Å². The second kappa shape index (κ2) is 3.30. The third kappa shape index (κ3) is 1.33. The minimum atomic E-state index is 1.13. The summed E-state index contributed by atoms with van der Waals surface area (Å²) >= 11 is 0. The van der Waals surface area contributed by atoms with Gasteiger partial charge in [-0.05, 0) is 35.7 Å². The number of rotatable bonds is 1. The van der Waals surface area contributed by atoms with Gasteiger partial charge >= 0.3 is 0 Å². The van der Waals surface area contributed by atoms with Crippen molar-refractivity contribution in [2.45, 2.75) is 13.8 Å². The Kier molecular flexibility index (Phi) is 2.12. The van der Waals surface area contributed by atoms with Crippen molar-refractivity contribution in [1.82, 2.24) is 0 Å². The molecule has 0 atom stereocenters. The summed E-state index contributed by atoms with van der Waals surface area (Å²) in [6.07, 6.45) is 0. The molecule has 0 aliphatic carbocycles. The van der Waals surface area contributed by atoms with E-state index in [1.54, 1.807) is 0 Å². The second-order valence-electron chi connectivity index (χ2n) is 3.76. The van der Waals surface area contributed by atoms with E-state index in [0.29, 0.717) is 0 Å². The molecular formula is C14H14. The van der Waals surface area contributed by atoms with E-state index < -0.39 is 0 Å². The Balaban J connectivity index is 2.88. The van der Waals surface area contributed by atoms with Gasteiger partial charge in [-0.2, -0.15) is 0 Å². The number of hydrogen-bond donors (Lipinski definition) is 0. The Morgan fingerprint density at radius 1 is 1.00 bits per heavy atom. The smallest absolute Gasteiger partial charge is 0.0106 e. The van der Waals surface area contributed by atoms with E-state index in [9.17, 15) is 0 Å². The predicted molar refractivity (Wildman–Crippen MR) is 63.4 cm³/mol. The molecule has 0 heteroatoms. The first-order chi connectivity index (χ1) is 6.70. The van der Waals surface area contributed by atoms with Crippen LogP contribution < -0.4 is 0 Å². The predicted octanol–water partition coefficient (Wildman–Crippen LogP) is 4.18. The first-order valence-electron chi connectivity index (χ1n) is 4.84. The molecule has 2 aromatic carbocycles. The van der Waals surface area contributed by atoms with Crippen molar-refractivity contribution in [3.05, 3.63) is 54.1 Å². The Morgan fingerprint density at radius 2 is 1.64 bits per heavy atom. The maximum absolute atomic E-state index is 4.01. The molecule has 0 heterocycles. The van der Waals surface area contributed by atoms with Crippen LogP contribution in [0.1, 0.15) is 18.1 Å².